The summed E-state index contributed by atoms with van der Waals surface area (Å²) in [6.45, 7) is 6.59. The number of benzene rings is 1. The quantitative estimate of drug-likeness (QED) is 0.546. The van der Waals surface area contributed by atoms with E-state index in [-0.39, 0.29) is 5.97 Å². The van der Waals surface area contributed by atoms with Gasteiger partial charge >= 0.3 is 5.97 Å². The van der Waals surface area contributed by atoms with Crippen LogP contribution in [-0.2, 0) is 9.53 Å². The number of unbranched alkanes of at least 4 members (excludes halogenated alkanes) is 1. The van der Waals surface area contributed by atoms with E-state index in [1.807, 2.05) is 6.92 Å². The Balaban J connectivity index is 2.87. The second-order valence-corrected chi connectivity index (χ2v) is 6.22. The van der Waals surface area contributed by atoms with Gasteiger partial charge in [0.15, 0.2) is 11.5 Å². The van der Waals surface area contributed by atoms with Gasteiger partial charge in [0.05, 0.1) is 33.9 Å². The first-order valence-electron chi connectivity index (χ1n) is 8.98. The molecule has 0 aliphatic heterocycles. The SMILES string of the molecule is CCCCC(CC)COC(=O)C(C)c1cc(OC)c(OC)cc1OC. The van der Waals surface area contributed by atoms with Gasteiger partial charge in [-0.2, -0.15) is 0 Å². The van der Waals surface area contributed by atoms with Crippen molar-refractivity contribution in [2.75, 3.05) is 27.9 Å². The van der Waals surface area contributed by atoms with Gasteiger partial charge < -0.3 is 18.9 Å². The maximum Gasteiger partial charge on any atom is 0.313 e. The number of carbonyl (C=O) groups excluding carboxylic acids is 1. The fraction of sp³-hybridized carbons (Fsp3) is 0.650. The zero-order chi connectivity index (χ0) is 18.8. The lowest BCUT2D eigenvalue weighted by Crippen LogP contribution is -2.19. The van der Waals surface area contributed by atoms with Gasteiger partial charge in [0.1, 0.15) is 5.75 Å². The van der Waals surface area contributed by atoms with Crippen LogP contribution >= 0.6 is 0 Å². The maximum absolute atomic E-state index is 12.5. The van der Waals surface area contributed by atoms with Gasteiger partial charge in [-0.1, -0.05) is 33.1 Å². The van der Waals surface area contributed by atoms with Crippen LogP contribution in [0.25, 0.3) is 0 Å². The predicted octanol–water partition coefficient (Wildman–Crippen LogP) is 4.58. The molecule has 0 spiro atoms. The van der Waals surface area contributed by atoms with Gasteiger partial charge in [0.2, 0.25) is 0 Å². The van der Waals surface area contributed by atoms with Crippen molar-refractivity contribution >= 4 is 5.97 Å². The van der Waals surface area contributed by atoms with Crippen molar-refractivity contribution < 1.29 is 23.7 Å². The van der Waals surface area contributed by atoms with Crippen LogP contribution in [-0.4, -0.2) is 33.9 Å². The van der Waals surface area contributed by atoms with E-state index in [0.717, 1.165) is 31.2 Å². The predicted molar refractivity (Wildman–Crippen MR) is 98.8 cm³/mol. The lowest BCUT2D eigenvalue weighted by Gasteiger charge is -2.20. The van der Waals surface area contributed by atoms with Crippen molar-refractivity contribution in [3.05, 3.63) is 17.7 Å². The third-order valence-corrected chi connectivity index (χ3v) is 4.56. The summed E-state index contributed by atoms with van der Waals surface area (Å²) in [4.78, 5) is 12.5. The fourth-order valence-electron chi connectivity index (χ4n) is 2.74. The molecular formula is C20H32O5. The highest BCUT2D eigenvalue weighted by molar-refractivity contribution is 5.79. The Kier molecular flexibility index (Phi) is 9.17. The third kappa shape index (κ3) is 5.83. The monoisotopic (exact) mass is 352 g/mol. The second-order valence-electron chi connectivity index (χ2n) is 6.22. The van der Waals surface area contributed by atoms with Crippen LogP contribution in [0.5, 0.6) is 17.2 Å². The summed E-state index contributed by atoms with van der Waals surface area (Å²) in [7, 11) is 4.70. The van der Waals surface area contributed by atoms with E-state index >= 15 is 0 Å². The van der Waals surface area contributed by atoms with Crippen LogP contribution in [0.4, 0.5) is 0 Å². The van der Waals surface area contributed by atoms with Crippen molar-refractivity contribution in [1.29, 1.82) is 0 Å². The molecule has 0 saturated carbocycles. The largest absolute Gasteiger partial charge is 0.496 e. The number of rotatable bonds is 11. The van der Waals surface area contributed by atoms with Crippen LogP contribution < -0.4 is 14.2 Å². The maximum atomic E-state index is 12.5. The minimum absolute atomic E-state index is 0.250. The lowest BCUT2D eigenvalue weighted by molar-refractivity contribution is -0.146. The highest BCUT2D eigenvalue weighted by atomic mass is 16.5. The van der Waals surface area contributed by atoms with Crippen molar-refractivity contribution in [1.82, 2.24) is 0 Å². The van der Waals surface area contributed by atoms with Crippen LogP contribution in [0.1, 0.15) is 57.9 Å². The Morgan fingerprint density at radius 2 is 1.60 bits per heavy atom. The molecule has 0 heterocycles. The van der Waals surface area contributed by atoms with E-state index in [1.54, 1.807) is 33.5 Å². The molecule has 0 aliphatic carbocycles. The molecule has 0 aliphatic rings. The summed E-state index contributed by atoms with van der Waals surface area (Å²) in [5.41, 5.74) is 0.728. The molecule has 2 unspecified atom stereocenters. The van der Waals surface area contributed by atoms with E-state index in [1.165, 1.54) is 0 Å². The van der Waals surface area contributed by atoms with E-state index in [9.17, 15) is 4.79 Å². The molecule has 1 aromatic rings. The standard InChI is InChI=1S/C20H32O5/c1-7-9-10-15(8-2)13-25-20(21)14(3)16-11-18(23-5)19(24-6)12-17(16)22-4/h11-12,14-15H,7-10,13H2,1-6H3. The molecule has 0 bridgehead atoms. The Bertz CT molecular complexity index is 541. The number of carbonyl (C=O) groups is 1. The molecule has 0 saturated heterocycles. The Labute approximate surface area is 151 Å². The fourth-order valence-corrected chi connectivity index (χ4v) is 2.74. The van der Waals surface area contributed by atoms with Crippen LogP contribution in [0.15, 0.2) is 12.1 Å². The summed E-state index contributed by atoms with van der Waals surface area (Å²) >= 11 is 0. The molecule has 142 valence electrons. The average molecular weight is 352 g/mol. The highest BCUT2D eigenvalue weighted by Crippen LogP contribution is 2.38. The number of hydrogen-bond donors (Lipinski definition) is 0. The molecule has 1 aromatic carbocycles. The average Bonchev–Trinajstić information content (AvgIpc) is 2.65. The van der Waals surface area contributed by atoms with Gasteiger partial charge in [-0.25, -0.2) is 0 Å². The molecule has 0 aromatic heterocycles. The highest BCUT2D eigenvalue weighted by Gasteiger charge is 2.24. The molecule has 2 atom stereocenters. The van der Waals surface area contributed by atoms with E-state index in [4.69, 9.17) is 18.9 Å². The molecule has 5 heteroatoms. The minimum Gasteiger partial charge on any atom is -0.496 e. The van der Waals surface area contributed by atoms with Gasteiger partial charge in [0, 0.05) is 11.6 Å². The Hall–Kier alpha value is -1.91. The van der Waals surface area contributed by atoms with Gasteiger partial charge in [-0.15, -0.1) is 0 Å². The topological polar surface area (TPSA) is 54.0 Å². The Morgan fingerprint density at radius 3 is 2.12 bits per heavy atom. The number of ether oxygens (including phenoxy) is 4. The summed E-state index contributed by atoms with van der Waals surface area (Å²) in [6.07, 6.45) is 4.43. The molecule has 1 rings (SSSR count). The lowest BCUT2D eigenvalue weighted by atomic mass is 9.98. The molecule has 0 fully saturated rings. The number of hydrogen-bond acceptors (Lipinski definition) is 5. The van der Waals surface area contributed by atoms with Crippen molar-refractivity contribution in [2.24, 2.45) is 5.92 Å². The number of esters is 1. The normalized spacial score (nSPS) is 13.0. The zero-order valence-corrected chi connectivity index (χ0v) is 16.4. The summed E-state index contributed by atoms with van der Waals surface area (Å²) in [5.74, 6) is 1.43. The summed E-state index contributed by atoms with van der Waals surface area (Å²) in [5, 5.41) is 0. The number of methoxy groups -OCH3 is 3. The molecule has 0 N–H and O–H groups in total. The van der Waals surface area contributed by atoms with Crippen LogP contribution in [0, 0.1) is 5.92 Å². The van der Waals surface area contributed by atoms with Crippen molar-refractivity contribution in [3.8, 4) is 17.2 Å². The zero-order valence-electron chi connectivity index (χ0n) is 16.4. The van der Waals surface area contributed by atoms with Gasteiger partial charge in [-0.05, 0) is 25.3 Å². The van der Waals surface area contributed by atoms with Gasteiger partial charge in [0.25, 0.3) is 0 Å². The first kappa shape index (κ1) is 21.1. The van der Waals surface area contributed by atoms with Crippen molar-refractivity contribution in [2.45, 2.75) is 52.4 Å². The van der Waals surface area contributed by atoms with Crippen LogP contribution in [0.2, 0.25) is 0 Å². The second kappa shape index (κ2) is 10.9. The van der Waals surface area contributed by atoms with Gasteiger partial charge in [-0.3, -0.25) is 4.79 Å². The van der Waals surface area contributed by atoms with Crippen molar-refractivity contribution in [3.63, 3.8) is 0 Å². The smallest absolute Gasteiger partial charge is 0.313 e. The molecule has 5 nitrogen and oxygen atoms in total. The van der Waals surface area contributed by atoms with E-state index < -0.39 is 5.92 Å². The molecule has 25 heavy (non-hydrogen) atoms. The van der Waals surface area contributed by atoms with Crippen LogP contribution in [0.3, 0.4) is 0 Å². The summed E-state index contributed by atoms with van der Waals surface area (Å²) < 4.78 is 21.6. The van der Waals surface area contributed by atoms with E-state index in [0.29, 0.717) is 29.8 Å². The third-order valence-electron chi connectivity index (χ3n) is 4.56. The first-order valence-corrected chi connectivity index (χ1v) is 8.98. The first-order chi connectivity index (χ1) is 12.0. The minimum atomic E-state index is -0.446. The Morgan fingerprint density at radius 1 is 1.00 bits per heavy atom. The molecular weight excluding hydrogens is 320 g/mol. The molecule has 0 amide bonds. The molecule has 0 radical (unpaired) electrons. The van der Waals surface area contributed by atoms with E-state index in [2.05, 4.69) is 13.8 Å². The summed E-state index contributed by atoms with van der Waals surface area (Å²) in [6, 6.07) is 3.51.